The van der Waals surface area contributed by atoms with E-state index in [2.05, 4.69) is 193 Å². The highest BCUT2D eigenvalue weighted by atomic mass is 32.1. The maximum absolute atomic E-state index is 5.26. The van der Waals surface area contributed by atoms with Crippen molar-refractivity contribution in [3.63, 3.8) is 0 Å². The molecule has 0 atom stereocenters. The van der Waals surface area contributed by atoms with Gasteiger partial charge in [0.05, 0.1) is 11.0 Å². The summed E-state index contributed by atoms with van der Waals surface area (Å²) in [6, 6.07) is 77.4. The summed E-state index contributed by atoms with van der Waals surface area (Å²) in [6.07, 6.45) is 0. The van der Waals surface area contributed by atoms with Crippen molar-refractivity contribution in [3.05, 3.63) is 218 Å². The van der Waals surface area contributed by atoms with Crippen LogP contribution < -0.4 is 0 Å². The molecule has 12 aromatic rings. The molecule has 0 N–H and O–H groups in total. The quantitative estimate of drug-likeness (QED) is 0.161. The number of para-hydroxylation sites is 1. The van der Waals surface area contributed by atoms with E-state index in [4.69, 9.17) is 15.0 Å². The molecule has 0 bridgehead atoms. The van der Waals surface area contributed by atoms with Gasteiger partial charge in [0.2, 0.25) is 0 Å². The van der Waals surface area contributed by atoms with Crippen LogP contribution in [-0.4, -0.2) is 19.5 Å². The van der Waals surface area contributed by atoms with Gasteiger partial charge in [0.15, 0.2) is 17.5 Å². The molecule has 0 saturated carbocycles. The van der Waals surface area contributed by atoms with E-state index in [-0.39, 0.29) is 0 Å². The molecule has 0 aliphatic rings. The smallest absolute Gasteiger partial charge is 0.164 e. The summed E-state index contributed by atoms with van der Waals surface area (Å²) in [5.74, 6) is 1.87. The van der Waals surface area contributed by atoms with Crippen LogP contribution in [0, 0.1) is 0 Å². The van der Waals surface area contributed by atoms with Crippen LogP contribution in [0.25, 0.3) is 115 Å². The molecule has 0 saturated heterocycles. The second-order valence-corrected chi connectivity index (χ2v) is 16.7. The lowest BCUT2D eigenvalue weighted by Crippen LogP contribution is -2.01. The monoisotopic (exact) mass is 808 g/mol. The fraction of sp³-hybridized carbons (Fsp3) is 0. The molecule has 0 aliphatic heterocycles. The second-order valence-electron chi connectivity index (χ2n) is 15.6. The largest absolute Gasteiger partial charge is 0.309 e. The van der Waals surface area contributed by atoms with Crippen molar-refractivity contribution in [1.29, 1.82) is 0 Å². The standard InChI is InChI=1S/C57H36N4S/c1-4-16-37(17-5-1)42-30-31-47(48(34-42)38-18-6-2-7-19-38)57-59-55(39-20-8-3-9-21-39)58-56(60-57)43-24-14-22-40(32-43)41-23-15-25-44(33-41)61-51-28-12-10-26-45(51)49-35-50-46-27-11-13-29-53(46)62-54(50)36-52(49)61/h1-36H. The zero-order valence-electron chi connectivity index (χ0n) is 33.5. The van der Waals surface area contributed by atoms with E-state index in [1.54, 1.807) is 0 Å². The molecule has 0 radical (unpaired) electrons. The van der Waals surface area contributed by atoms with Crippen LogP contribution in [0.5, 0.6) is 0 Å². The van der Waals surface area contributed by atoms with Gasteiger partial charge < -0.3 is 4.57 Å². The zero-order valence-corrected chi connectivity index (χ0v) is 34.3. The van der Waals surface area contributed by atoms with Crippen LogP contribution in [0.15, 0.2) is 218 Å². The van der Waals surface area contributed by atoms with Gasteiger partial charge in [-0.2, -0.15) is 0 Å². The van der Waals surface area contributed by atoms with Crippen LogP contribution in [0.1, 0.15) is 0 Å². The molecule has 12 rings (SSSR count). The van der Waals surface area contributed by atoms with Crippen LogP contribution in [-0.2, 0) is 0 Å². The van der Waals surface area contributed by atoms with Crippen molar-refractivity contribution in [2.75, 3.05) is 0 Å². The molecule has 0 spiro atoms. The Morgan fingerprint density at radius 2 is 0.871 bits per heavy atom. The molecule has 5 heteroatoms. The van der Waals surface area contributed by atoms with E-state index in [9.17, 15) is 0 Å². The molecule has 3 aromatic heterocycles. The predicted molar refractivity (Wildman–Crippen MR) is 260 cm³/mol. The molecular weight excluding hydrogens is 773 g/mol. The van der Waals surface area contributed by atoms with Crippen LogP contribution in [0.2, 0.25) is 0 Å². The Morgan fingerprint density at radius 3 is 1.66 bits per heavy atom. The summed E-state index contributed by atoms with van der Waals surface area (Å²) in [4.78, 5) is 15.6. The summed E-state index contributed by atoms with van der Waals surface area (Å²) >= 11 is 1.86. The number of aromatic nitrogens is 4. The first kappa shape index (κ1) is 35.9. The van der Waals surface area contributed by atoms with Crippen molar-refractivity contribution in [1.82, 2.24) is 19.5 Å². The Bertz CT molecular complexity index is 3630. The Morgan fingerprint density at radius 1 is 0.290 bits per heavy atom. The first-order valence-electron chi connectivity index (χ1n) is 20.8. The van der Waals surface area contributed by atoms with E-state index >= 15 is 0 Å². The number of hydrogen-bond donors (Lipinski definition) is 0. The predicted octanol–water partition coefficient (Wildman–Crippen LogP) is 15.3. The highest BCUT2D eigenvalue weighted by Gasteiger charge is 2.19. The third-order valence-electron chi connectivity index (χ3n) is 11.8. The molecule has 0 fully saturated rings. The van der Waals surface area contributed by atoms with Gasteiger partial charge in [-0.3, -0.25) is 0 Å². The number of nitrogens with zero attached hydrogens (tertiary/aromatic N) is 4. The van der Waals surface area contributed by atoms with E-state index < -0.39 is 0 Å². The zero-order chi connectivity index (χ0) is 41.0. The minimum absolute atomic E-state index is 0.618. The molecule has 62 heavy (non-hydrogen) atoms. The average Bonchev–Trinajstić information content (AvgIpc) is 3.88. The molecule has 9 aromatic carbocycles. The van der Waals surface area contributed by atoms with Gasteiger partial charge in [-0.15, -0.1) is 11.3 Å². The Labute approximate surface area is 362 Å². The minimum atomic E-state index is 0.618. The van der Waals surface area contributed by atoms with Gasteiger partial charge >= 0.3 is 0 Å². The molecule has 0 unspecified atom stereocenters. The highest BCUT2D eigenvalue weighted by Crippen LogP contribution is 2.41. The van der Waals surface area contributed by atoms with Crippen molar-refractivity contribution < 1.29 is 0 Å². The van der Waals surface area contributed by atoms with Gasteiger partial charge in [0.25, 0.3) is 0 Å². The number of thiophene rings is 1. The Hall–Kier alpha value is -7.99. The molecule has 0 aliphatic carbocycles. The van der Waals surface area contributed by atoms with E-state index in [0.29, 0.717) is 17.5 Å². The Kier molecular flexibility index (Phi) is 8.65. The van der Waals surface area contributed by atoms with Crippen molar-refractivity contribution in [2.24, 2.45) is 0 Å². The molecule has 4 nitrogen and oxygen atoms in total. The van der Waals surface area contributed by atoms with Crippen LogP contribution in [0.3, 0.4) is 0 Å². The van der Waals surface area contributed by atoms with Gasteiger partial charge in [-0.1, -0.05) is 164 Å². The molecule has 3 heterocycles. The van der Waals surface area contributed by atoms with Crippen molar-refractivity contribution >= 4 is 53.3 Å². The lowest BCUT2D eigenvalue weighted by Gasteiger charge is -2.14. The third-order valence-corrected chi connectivity index (χ3v) is 13.0. The fourth-order valence-corrected chi connectivity index (χ4v) is 10.00. The molecule has 290 valence electrons. The molecule has 0 amide bonds. The van der Waals surface area contributed by atoms with E-state index in [1.165, 1.54) is 42.0 Å². The lowest BCUT2D eigenvalue weighted by atomic mass is 9.94. The number of benzene rings is 9. The third kappa shape index (κ3) is 6.26. The number of rotatable bonds is 7. The van der Waals surface area contributed by atoms with Crippen molar-refractivity contribution in [3.8, 4) is 73.2 Å². The van der Waals surface area contributed by atoms with Crippen LogP contribution in [0.4, 0.5) is 0 Å². The molecular formula is C57H36N4S. The van der Waals surface area contributed by atoms with Gasteiger partial charge in [0.1, 0.15) is 0 Å². The minimum Gasteiger partial charge on any atom is -0.309 e. The first-order valence-corrected chi connectivity index (χ1v) is 21.7. The summed E-state index contributed by atoms with van der Waals surface area (Å²) in [6.45, 7) is 0. The van der Waals surface area contributed by atoms with E-state index in [1.807, 2.05) is 41.7 Å². The topological polar surface area (TPSA) is 43.6 Å². The summed E-state index contributed by atoms with van der Waals surface area (Å²) in [5.41, 5.74) is 12.9. The van der Waals surface area contributed by atoms with E-state index in [0.717, 1.165) is 55.8 Å². The van der Waals surface area contributed by atoms with Gasteiger partial charge in [0, 0.05) is 53.3 Å². The fourth-order valence-electron chi connectivity index (χ4n) is 8.88. The Balaban J connectivity index is 0.993. The summed E-state index contributed by atoms with van der Waals surface area (Å²) < 4.78 is 5.02. The SMILES string of the molecule is c1ccc(-c2ccc(-c3nc(-c4ccccc4)nc(-c4cccc(-c5cccc(-n6c7ccccc7c7cc8c(cc76)sc6ccccc68)c5)c4)n3)c(-c3ccccc3)c2)cc1. The highest BCUT2D eigenvalue weighted by molar-refractivity contribution is 7.25. The maximum atomic E-state index is 5.26. The summed E-state index contributed by atoms with van der Waals surface area (Å²) in [5, 5.41) is 5.13. The number of hydrogen-bond acceptors (Lipinski definition) is 4. The van der Waals surface area contributed by atoms with Crippen molar-refractivity contribution in [2.45, 2.75) is 0 Å². The maximum Gasteiger partial charge on any atom is 0.164 e. The summed E-state index contributed by atoms with van der Waals surface area (Å²) in [7, 11) is 0. The normalized spacial score (nSPS) is 11.5. The van der Waals surface area contributed by atoms with Crippen LogP contribution >= 0.6 is 11.3 Å². The van der Waals surface area contributed by atoms with Gasteiger partial charge in [-0.25, -0.2) is 15.0 Å². The first-order chi connectivity index (χ1) is 30.7. The number of fused-ring (bicyclic) bond motifs is 6. The average molecular weight is 809 g/mol. The second kappa shape index (κ2) is 14.9. The van der Waals surface area contributed by atoms with Gasteiger partial charge in [-0.05, 0) is 88.0 Å². The lowest BCUT2D eigenvalue weighted by molar-refractivity contribution is 1.07.